The van der Waals surface area contributed by atoms with E-state index < -0.39 is 0 Å². The number of rotatable bonds is 7. The van der Waals surface area contributed by atoms with Gasteiger partial charge in [-0.3, -0.25) is 0 Å². The predicted molar refractivity (Wildman–Crippen MR) is 275 cm³/mol. The number of allylic oxidation sites excluding steroid dienone is 4. The van der Waals surface area contributed by atoms with Crippen LogP contribution in [0.15, 0.2) is 175 Å². The summed E-state index contributed by atoms with van der Waals surface area (Å²) in [6.07, 6.45) is 6.05. The van der Waals surface area contributed by atoms with Crippen molar-refractivity contribution in [3.05, 3.63) is 192 Å². The molecular weight excluding hydrogens is 759 g/mol. The van der Waals surface area contributed by atoms with Crippen LogP contribution in [0.1, 0.15) is 106 Å². The molecule has 8 rings (SSSR count). The molecule has 0 spiro atoms. The van der Waals surface area contributed by atoms with Gasteiger partial charge in [0.1, 0.15) is 0 Å². The molecule has 0 heterocycles. The van der Waals surface area contributed by atoms with E-state index in [0.29, 0.717) is 5.92 Å². The van der Waals surface area contributed by atoms with Gasteiger partial charge in [-0.2, -0.15) is 0 Å². The van der Waals surface area contributed by atoms with Crippen LogP contribution in [0, 0.1) is 16.7 Å². The Labute approximate surface area is 379 Å². The summed E-state index contributed by atoms with van der Waals surface area (Å²) in [5.74, 6) is 0.399. The van der Waals surface area contributed by atoms with Crippen LogP contribution in [0.2, 0.25) is 0 Å². The first-order valence-corrected chi connectivity index (χ1v) is 23.0. The highest BCUT2D eigenvalue weighted by molar-refractivity contribution is 6.09. The zero-order valence-corrected chi connectivity index (χ0v) is 39.9. The summed E-state index contributed by atoms with van der Waals surface area (Å²) in [5.41, 5.74) is 17.6. The first kappa shape index (κ1) is 43.7. The molecule has 0 radical (unpaired) electrons. The lowest BCUT2D eigenvalue weighted by Gasteiger charge is -2.37. The fourth-order valence-corrected chi connectivity index (χ4v) is 9.23. The monoisotopic (exact) mass is 826 g/mol. The molecule has 0 saturated heterocycles. The fraction of sp³-hybridized carbons (Fsp3) is 0.290. The minimum Gasteiger partial charge on any atom is -0.309 e. The Bertz CT molecular complexity index is 2800. The molecule has 63 heavy (non-hydrogen) atoms. The van der Waals surface area contributed by atoms with E-state index in [1.807, 2.05) is 0 Å². The number of nitrogens with zero attached hydrogens (tertiary/aromatic N) is 1. The Morgan fingerprint density at radius 3 is 1.44 bits per heavy atom. The van der Waals surface area contributed by atoms with Crippen LogP contribution in [0.25, 0.3) is 49.7 Å². The van der Waals surface area contributed by atoms with Gasteiger partial charge in [0.25, 0.3) is 0 Å². The molecule has 0 fully saturated rings. The normalized spacial score (nSPS) is 15.0. The maximum absolute atomic E-state index is 2.59. The van der Waals surface area contributed by atoms with Crippen LogP contribution in [-0.2, 0) is 10.8 Å². The van der Waals surface area contributed by atoms with E-state index in [1.165, 1.54) is 77.7 Å². The summed E-state index contributed by atoms with van der Waals surface area (Å²) in [4.78, 5) is 2.59. The summed E-state index contributed by atoms with van der Waals surface area (Å²) < 4.78 is 0. The van der Waals surface area contributed by atoms with Gasteiger partial charge < -0.3 is 4.90 Å². The van der Waals surface area contributed by atoms with Crippen LogP contribution < -0.4 is 4.90 Å². The second-order valence-corrected chi connectivity index (χ2v) is 22.0. The largest absolute Gasteiger partial charge is 0.309 e. The SMILES string of the molecule is CC(C)(C)C1=CC(C(C)(C)C)CC(c2ccccc2N(c2ccccc2-c2cc(C(C)(C)C)cc(C(C)(C)C)c2)c2ccccc2-c2cccc3cccc(-c4ccccc4)c23)=C1. The van der Waals surface area contributed by atoms with Gasteiger partial charge in [0.05, 0.1) is 17.1 Å². The summed E-state index contributed by atoms with van der Waals surface area (Å²) in [6, 6.07) is 59.1. The summed E-state index contributed by atoms with van der Waals surface area (Å²) >= 11 is 0. The van der Waals surface area contributed by atoms with Crippen LogP contribution >= 0.6 is 0 Å². The molecule has 320 valence electrons. The number of fused-ring (bicyclic) bond motifs is 1. The molecule has 7 aromatic rings. The van der Waals surface area contributed by atoms with E-state index in [1.54, 1.807) is 0 Å². The van der Waals surface area contributed by atoms with Crippen molar-refractivity contribution >= 4 is 33.4 Å². The Balaban J connectivity index is 1.46. The van der Waals surface area contributed by atoms with Crippen molar-refractivity contribution in [2.24, 2.45) is 16.7 Å². The molecule has 7 aromatic carbocycles. The van der Waals surface area contributed by atoms with Crippen molar-refractivity contribution in [1.82, 2.24) is 0 Å². The van der Waals surface area contributed by atoms with Gasteiger partial charge >= 0.3 is 0 Å². The number of hydrogen-bond acceptors (Lipinski definition) is 1. The number of anilines is 3. The second-order valence-electron chi connectivity index (χ2n) is 22.0. The lowest BCUT2D eigenvalue weighted by Crippen LogP contribution is -2.24. The Morgan fingerprint density at radius 1 is 0.413 bits per heavy atom. The van der Waals surface area contributed by atoms with Crippen LogP contribution in [0.4, 0.5) is 17.1 Å². The smallest absolute Gasteiger partial charge is 0.0540 e. The van der Waals surface area contributed by atoms with Crippen molar-refractivity contribution in [1.29, 1.82) is 0 Å². The van der Waals surface area contributed by atoms with Gasteiger partial charge in [0.2, 0.25) is 0 Å². The first-order chi connectivity index (χ1) is 29.8. The molecule has 0 bridgehead atoms. The standard InChI is InChI=1S/C62H67N/c1-59(2,3)46-36-44(37-47(40-46)60(4,5)6)50-28-16-19-33-55(50)63(56-34-20-17-29-51(56)45-38-48(61(7,8)9)41-49(39-45)62(10,11)12)57-35-21-18-30-53(57)54-32-23-27-43-26-22-31-52(58(43)54)42-24-14-13-15-25-42/h13-38,40-41,49H,39H2,1-12H3. The van der Waals surface area contributed by atoms with Crippen molar-refractivity contribution in [2.45, 2.75) is 100 Å². The minimum atomic E-state index is -0.0238. The van der Waals surface area contributed by atoms with Crippen LogP contribution in [0.3, 0.4) is 0 Å². The average Bonchev–Trinajstić information content (AvgIpc) is 3.25. The highest BCUT2D eigenvalue weighted by Gasteiger charge is 2.32. The third kappa shape index (κ3) is 8.99. The molecule has 0 aliphatic heterocycles. The zero-order valence-electron chi connectivity index (χ0n) is 39.9. The number of para-hydroxylation sites is 3. The molecule has 1 aliphatic carbocycles. The molecule has 0 saturated carbocycles. The van der Waals surface area contributed by atoms with E-state index >= 15 is 0 Å². The van der Waals surface area contributed by atoms with E-state index in [-0.39, 0.29) is 21.7 Å². The summed E-state index contributed by atoms with van der Waals surface area (Å²) in [7, 11) is 0. The van der Waals surface area contributed by atoms with Crippen molar-refractivity contribution < 1.29 is 0 Å². The minimum absolute atomic E-state index is 0.0106. The van der Waals surface area contributed by atoms with Gasteiger partial charge in [0.15, 0.2) is 0 Å². The Hall–Kier alpha value is -5.92. The maximum atomic E-state index is 2.59. The molecule has 0 N–H and O–H groups in total. The molecule has 1 nitrogen and oxygen atoms in total. The van der Waals surface area contributed by atoms with Gasteiger partial charge in [0, 0.05) is 16.7 Å². The third-order valence-corrected chi connectivity index (χ3v) is 13.2. The van der Waals surface area contributed by atoms with E-state index in [0.717, 1.165) is 17.8 Å². The van der Waals surface area contributed by atoms with Crippen molar-refractivity contribution in [3.63, 3.8) is 0 Å². The Kier molecular flexibility index (Phi) is 11.6. The first-order valence-electron chi connectivity index (χ1n) is 23.0. The molecule has 1 aliphatic rings. The van der Waals surface area contributed by atoms with Crippen molar-refractivity contribution in [2.75, 3.05) is 4.90 Å². The van der Waals surface area contributed by atoms with Gasteiger partial charge in [-0.15, -0.1) is 0 Å². The molecule has 0 aromatic heterocycles. The van der Waals surface area contributed by atoms with Gasteiger partial charge in [-0.1, -0.05) is 235 Å². The van der Waals surface area contributed by atoms with Crippen LogP contribution in [0.5, 0.6) is 0 Å². The topological polar surface area (TPSA) is 3.24 Å². The Morgan fingerprint density at radius 2 is 0.889 bits per heavy atom. The quantitative estimate of drug-likeness (QED) is 0.155. The number of benzene rings is 7. The van der Waals surface area contributed by atoms with Crippen LogP contribution in [-0.4, -0.2) is 0 Å². The molecular formula is C62H67N. The van der Waals surface area contributed by atoms with Crippen molar-refractivity contribution in [3.8, 4) is 33.4 Å². The highest BCUT2D eigenvalue weighted by Crippen LogP contribution is 2.51. The summed E-state index contributed by atoms with van der Waals surface area (Å²) in [6.45, 7) is 28.3. The third-order valence-electron chi connectivity index (χ3n) is 13.2. The lowest BCUT2D eigenvalue weighted by atomic mass is 9.69. The highest BCUT2D eigenvalue weighted by atomic mass is 15.1. The molecule has 1 atom stereocenters. The zero-order chi connectivity index (χ0) is 44.9. The average molecular weight is 826 g/mol. The molecule has 1 unspecified atom stereocenters. The fourth-order valence-electron chi connectivity index (χ4n) is 9.23. The van der Waals surface area contributed by atoms with E-state index in [2.05, 4.69) is 258 Å². The predicted octanol–water partition coefficient (Wildman–Crippen LogP) is 18.3. The van der Waals surface area contributed by atoms with E-state index in [9.17, 15) is 0 Å². The van der Waals surface area contributed by atoms with E-state index in [4.69, 9.17) is 0 Å². The molecule has 1 heteroatoms. The summed E-state index contributed by atoms with van der Waals surface area (Å²) in [5, 5.41) is 2.49. The van der Waals surface area contributed by atoms with Gasteiger partial charge in [-0.25, -0.2) is 0 Å². The second kappa shape index (κ2) is 16.7. The number of hydrogen-bond donors (Lipinski definition) is 0. The lowest BCUT2D eigenvalue weighted by molar-refractivity contribution is 0.292. The maximum Gasteiger partial charge on any atom is 0.0540 e. The van der Waals surface area contributed by atoms with Gasteiger partial charge in [-0.05, 0) is 107 Å². The molecule has 0 amide bonds.